The van der Waals surface area contributed by atoms with Crippen LogP contribution >= 0.6 is 0 Å². The molecule has 17 heavy (non-hydrogen) atoms. The quantitative estimate of drug-likeness (QED) is 0.582. The largest absolute Gasteiger partial charge is 0.398 e. The zero-order chi connectivity index (χ0) is 12.2. The fourth-order valence-electron chi connectivity index (χ4n) is 2.79. The molecule has 0 aliphatic rings. The van der Waals surface area contributed by atoms with E-state index in [1.54, 1.807) is 0 Å². The lowest BCUT2D eigenvalue weighted by molar-refractivity contribution is 1.01. The molecule has 0 fully saturated rings. The van der Waals surface area contributed by atoms with Crippen LogP contribution in [0.25, 0.3) is 21.8 Å². The third kappa shape index (κ3) is 1.21. The van der Waals surface area contributed by atoms with Crippen LogP contribution in [0.15, 0.2) is 30.3 Å². The van der Waals surface area contributed by atoms with Crippen molar-refractivity contribution in [3.05, 3.63) is 41.5 Å². The molecule has 1 aromatic heterocycles. The average molecular weight is 224 g/mol. The summed E-state index contributed by atoms with van der Waals surface area (Å²) in [5, 5.41) is 2.58. The number of benzene rings is 2. The minimum absolute atomic E-state index is 0.881. The second-order valence-corrected chi connectivity index (χ2v) is 4.71. The van der Waals surface area contributed by atoms with Gasteiger partial charge in [0.05, 0.1) is 5.52 Å². The van der Waals surface area contributed by atoms with Crippen molar-refractivity contribution in [3.8, 4) is 0 Å². The molecule has 2 N–H and O–H groups in total. The number of aromatic nitrogens is 1. The van der Waals surface area contributed by atoms with Gasteiger partial charge < -0.3 is 10.3 Å². The molecule has 0 bridgehead atoms. The molecule has 1 heterocycles. The van der Waals surface area contributed by atoms with Crippen LogP contribution in [-0.4, -0.2) is 4.57 Å². The van der Waals surface area contributed by atoms with Crippen LogP contribution in [0.3, 0.4) is 0 Å². The predicted octanol–water partition coefficient (Wildman–Crippen LogP) is 3.53. The Balaban J connectivity index is 2.72. The van der Waals surface area contributed by atoms with Crippen molar-refractivity contribution in [1.29, 1.82) is 0 Å². The Morgan fingerprint density at radius 2 is 1.82 bits per heavy atom. The second kappa shape index (κ2) is 3.27. The molecule has 3 aromatic rings. The lowest BCUT2D eigenvalue weighted by Crippen LogP contribution is -1.94. The molecule has 0 atom stereocenters. The van der Waals surface area contributed by atoms with Crippen molar-refractivity contribution in [2.45, 2.75) is 13.8 Å². The number of nitrogens with two attached hydrogens (primary N) is 1. The standard InChI is InChI=1S/C15H16N2/c1-9-8-12(16)10(2)14-11-6-4-5-7-13(11)17(3)15(9)14/h4-8H,16H2,1-3H3. The summed E-state index contributed by atoms with van der Waals surface area (Å²) in [6, 6.07) is 10.6. The van der Waals surface area contributed by atoms with Crippen LogP contribution < -0.4 is 5.73 Å². The van der Waals surface area contributed by atoms with Crippen molar-refractivity contribution >= 4 is 27.5 Å². The first-order valence-electron chi connectivity index (χ1n) is 5.84. The van der Waals surface area contributed by atoms with E-state index in [4.69, 9.17) is 5.73 Å². The van der Waals surface area contributed by atoms with Crippen molar-refractivity contribution < 1.29 is 0 Å². The Labute approximate surface area is 101 Å². The van der Waals surface area contributed by atoms with E-state index in [-0.39, 0.29) is 0 Å². The molecule has 86 valence electrons. The number of aryl methyl sites for hydroxylation is 3. The van der Waals surface area contributed by atoms with Gasteiger partial charge in [0, 0.05) is 29.0 Å². The number of anilines is 1. The normalized spacial score (nSPS) is 11.5. The molecule has 0 saturated heterocycles. The van der Waals surface area contributed by atoms with Crippen molar-refractivity contribution in [2.24, 2.45) is 7.05 Å². The number of para-hydroxylation sites is 1. The zero-order valence-electron chi connectivity index (χ0n) is 10.4. The first-order chi connectivity index (χ1) is 8.11. The molecule has 2 nitrogen and oxygen atoms in total. The maximum atomic E-state index is 6.08. The fraction of sp³-hybridized carbons (Fsp3) is 0.200. The highest BCUT2D eigenvalue weighted by molar-refractivity contribution is 6.12. The van der Waals surface area contributed by atoms with Crippen LogP contribution in [0.5, 0.6) is 0 Å². The molecule has 0 aliphatic carbocycles. The van der Waals surface area contributed by atoms with Crippen LogP contribution in [0.2, 0.25) is 0 Å². The molecule has 2 heteroatoms. The Morgan fingerprint density at radius 3 is 2.59 bits per heavy atom. The number of rotatable bonds is 0. The SMILES string of the molecule is Cc1c(N)cc(C)c2c1c1ccccc1n2C. The molecule has 0 saturated carbocycles. The number of hydrogen-bond acceptors (Lipinski definition) is 1. The zero-order valence-corrected chi connectivity index (χ0v) is 10.4. The van der Waals surface area contributed by atoms with Crippen LogP contribution in [0.1, 0.15) is 11.1 Å². The van der Waals surface area contributed by atoms with E-state index in [1.807, 2.05) is 0 Å². The highest BCUT2D eigenvalue weighted by Crippen LogP contribution is 2.35. The van der Waals surface area contributed by atoms with Gasteiger partial charge in [0.2, 0.25) is 0 Å². The smallest absolute Gasteiger partial charge is 0.0522 e. The topological polar surface area (TPSA) is 30.9 Å². The summed E-state index contributed by atoms with van der Waals surface area (Å²) in [5.41, 5.74) is 11.9. The lowest BCUT2D eigenvalue weighted by atomic mass is 10.0. The Kier molecular flexibility index (Phi) is 1.96. The summed E-state index contributed by atoms with van der Waals surface area (Å²) < 4.78 is 2.26. The van der Waals surface area contributed by atoms with E-state index in [1.165, 1.54) is 32.9 Å². The van der Waals surface area contributed by atoms with Gasteiger partial charge in [0.1, 0.15) is 0 Å². The molecular weight excluding hydrogens is 208 g/mol. The Hall–Kier alpha value is -1.96. The monoisotopic (exact) mass is 224 g/mol. The van der Waals surface area contributed by atoms with Gasteiger partial charge in [-0.15, -0.1) is 0 Å². The lowest BCUT2D eigenvalue weighted by Gasteiger charge is -2.07. The first kappa shape index (κ1) is 10.2. The second-order valence-electron chi connectivity index (χ2n) is 4.71. The molecule has 2 aromatic carbocycles. The van der Waals surface area contributed by atoms with E-state index in [9.17, 15) is 0 Å². The van der Waals surface area contributed by atoms with E-state index < -0.39 is 0 Å². The van der Waals surface area contributed by atoms with E-state index >= 15 is 0 Å². The molecule has 0 aliphatic heterocycles. The van der Waals surface area contributed by atoms with Gasteiger partial charge in [-0.2, -0.15) is 0 Å². The summed E-state index contributed by atoms with van der Waals surface area (Å²) in [6.45, 7) is 4.22. The van der Waals surface area contributed by atoms with Gasteiger partial charge in [-0.25, -0.2) is 0 Å². The van der Waals surface area contributed by atoms with E-state index in [2.05, 4.69) is 55.8 Å². The minimum atomic E-state index is 0.881. The van der Waals surface area contributed by atoms with Crippen LogP contribution in [0, 0.1) is 13.8 Å². The summed E-state index contributed by atoms with van der Waals surface area (Å²) in [5.74, 6) is 0. The Morgan fingerprint density at radius 1 is 1.12 bits per heavy atom. The summed E-state index contributed by atoms with van der Waals surface area (Å²) in [6.07, 6.45) is 0. The number of fused-ring (bicyclic) bond motifs is 3. The molecular formula is C15H16N2. The van der Waals surface area contributed by atoms with Crippen molar-refractivity contribution in [1.82, 2.24) is 4.57 Å². The average Bonchev–Trinajstić information content (AvgIpc) is 2.61. The third-order valence-electron chi connectivity index (χ3n) is 3.66. The maximum absolute atomic E-state index is 6.08. The molecule has 3 rings (SSSR count). The van der Waals surface area contributed by atoms with Gasteiger partial charge in [-0.05, 0) is 37.1 Å². The highest BCUT2D eigenvalue weighted by Gasteiger charge is 2.13. The maximum Gasteiger partial charge on any atom is 0.0522 e. The summed E-state index contributed by atoms with van der Waals surface area (Å²) in [7, 11) is 2.12. The molecule has 0 spiro atoms. The fourth-order valence-corrected chi connectivity index (χ4v) is 2.79. The Bertz CT molecular complexity index is 736. The minimum Gasteiger partial charge on any atom is -0.398 e. The van der Waals surface area contributed by atoms with E-state index in [0.717, 1.165) is 5.69 Å². The van der Waals surface area contributed by atoms with Crippen molar-refractivity contribution in [3.63, 3.8) is 0 Å². The van der Waals surface area contributed by atoms with Gasteiger partial charge >= 0.3 is 0 Å². The van der Waals surface area contributed by atoms with Crippen molar-refractivity contribution in [2.75, 3.05) is 5.73 Å². The van der Waals surface area contributed by atoms with Gasteiger partial charge in [0.25, 0.3) is 0 Å². The van der Waals surface area contributed by atoms with Gasteiger partial charge in [-0.1, -0.05) is 18.2 Å². The first-order valence-corrected chi connectivity index (χ1v) is 5.84. The molecule has 0 unspecified atom stereocenters. The summed E-state index contributed by atoms with van der Waals surface area (Å²) >= 11 is 0. The number of hydrogen-bond donors (Lipinski definition) is 1. The molecule has 0 radical (unpaired) electrons. The van der Waals surface area contributed by atoms with Gasteiger partial charge in [0.15, 0.2) is 0 Å². The molecule has 0 amide bonds. The van der Waals surface area contributed by atoms with Crippen LogP contribution in [-0.2, 0) is 7.05 Å². The third-order valence-corrected chi connectivity index (χ3v) is 3.66. The van der Waals surface area contributed by atoms with Crippen LogP contribution in [0.4, 0.5) is 5.69 Å². The highest BCUT2D eigenvalue weighted by atomic mass is 14.9. The number of nitrogens with zero attached hydrogens (tertiary/aromatic N) is 1. The van der Waals surface area contributed by atoms with Gasteiger partial charge in [-0.3, -0.25) is 0 Å². The predicted molar refractivity (Wildman–Crippen MR) is 74.3 cm³/mol. The summed E-state index contributed by atoms with van der Waals surface area (Å²) in [4.78, 5) is 0. The number of nitrogen functional groups attached to an aromatic ring is 1. The van der Waals surface area contributed by atoms with E-state index in [0.29, 0.717) is 0 Å².